The molecule has 0 unspecified atom stereocenters. The molecular formula is C29H31ClN2O5. The van der Waals surface area contributed by atoms with Crippen molar-refractivity contribution in [3.63, 3.8) is 0 Å². The van der Waals surface area contributed by atoms with Crippen molar-refractivity contribution in [1.82, 2.24) is 0 Å². The van der Waals surface area contributed by atoms with Crippen molar-refractivity contribution in [3.8, 4) is 11.5 Å². The summed E-state index contributed by atoms with van der Waals surface area (Å²) in [4.78, 5) is 26.9. The molecule has 1 aliphatic rings. The van der Waals surface area contributed by atoms with E-state index in [1.54, 1.807) is 44.2 Å². The van der Waals surface area contributed by atoms with E-state index in [0.717, 1.165) is 22.6 Å². The number of ether oxygens (including phenoxy) is 2. The van der Waals surface area contributed by atoms with Crippen LogP contribution in [0.2, 0.25) is 5.02 Å². The molecule has 0 spiro atoms. The predicted octanol–water partition coefficient (Wildman–Crippen LogP) is 5.85. The van der Waals surface area contributed by atoms with Crippen molar-refractivity contribution in [2.24, 2.45) is 0 Å². The lowest BCUT2D eigenvalue weighted by Crippen LogP contribution is -2.41. The summed E-state index contributed by atoms with van der Waals surface area (Å²) in [6.45, 7) is 7.98. The average Bonchev–Trinajstić information content (AvgIpc) is 2.85. The molecule has 0 radical (unpaired) electrons. The second-order valence-corrected chi connectivity index (χ2v) is 10.3. The van der Waals surface area contributed by atoms with Gasteiger partial charge in [-0.25, -0.2) is 0 Å². The zero-order valence-electron chi connectivity index (χ0n) is 21.6. The molecule has 3 aromatic carbocycles. The van der Waals surface area contributed by atoms with Crippen LogP contribution in [-0.4, -0.2) is 43.3 Å². The van der Waals surface area contributed by atoms with E-state index in [-0.39, 0.29) is 11.1 Å². The molecule has 0 bridgehead atoms. The number of likely N-dealkylation sites (N-methyl/N-ethyl adjacent to an activating group) is 1. The quantitative estimate of drug-likeness (QED) is 0.405. The van der Waals surface area contributed by atoms with Crippen LogP contribution >= 0.6 is 11.6 Å². The average molecular weight is 523 g/mol. The van der Waals surface area contributed by atoms with Crippen LogP contribution < -0.4 is 19.7 Å². The summed E-state index contributed by atoms with van der Waals surface area (Å²) in [5.41, 5.74) is 2.95. The van der Waals surface area contributed by atoms with Crippen molar-refractivity contribution >= 4 is 34.9 Å². The third-order valence-corrected chi connectivity index (χ3v) is 7.00. The maximum Gasteiger partial charge on any atom is 0.313 e. The number of amides is 1. The standard InChI is InChI=1S/C29H31ClN2O5/c1-17-10-11-19(13-22(17)29(3,4)28(34)35)31-27(33)21-12-18(2)26(14-23(21)30)36-16-20-15-32(5)24-8-6-7-9-25(24)37-20/h6-14,20H,15-16H2,1-5H3,(H,31,33)(H,34,35)/t20-/m0/s1. The van der Waals surface area contributed by atoms with Crippen molar-refractivity contribution in [1.29, 1.82) is 0 Å². The fourth-order valence-corrected chi connectivity index (χ4v) is 4.68. The van der Waals surface area contributed by atoms with Crippen LogP contribution in [0.15, 0.2) is 54.6 Å². The molecule has 3 aromatic rings. The van der Waals surface area contributed by atoms with Crippen LogP contribution in [0.5, 0.6) is 11.5 Å². The summed E-state index contributed by atoms with van der Waals surface area (Å²) in [5.74, 6) is 0.0596. The molecule has 1 amide bonds. The van der Waals surface area contributed by atoms with Gasteiger partial charge in [0.05, 0.1) is 28.2 Å². The molecule has 1 heterocycles. The summed E-state index contributed by atoms with van der Waals surface area (Å²) in [7, 11) is 2.02. The maximum atomic E-state index is 13.1. The van der Waals surface area contributed by atoms with Gasteiger partial charge in [-0.2, -0.15) is 0 Å². The lowest BCUT2D eigenvalue weighted by atomic mass is 9.82. The van der Waals surface area contributed by atoms with Gasteiger partial charge in [-0.15, -0.1) is 0 Å². The van der Waals surface area contributed by atoms with Gasteiger partial charge in [-0.1, -0.05) is 29.8 Å². The van der Waals surface area contributed by atoms with Gasteiger partial charge in [0.15, 0.2) is 0 Å². The van der Waals surface area contributed by atoms with Crippen LogP contribution in [0.4, 0.5) is 11.4 Å². The fraction of sp³-hybridized carbons (Fsp3) is 0.310. The first-order valence-electron chi connectivity index (χ1n) is 12.0. The Bertz CT molecular complexity index is 1350. The summed E-state index contributed by atoms with van der Waals surface area (Å²) < 4.78 is 12.1. The Kier molecular flexibility index (Phi) is 7.37. The number of anilines is 2. The van der Waals surface area contributed by atoms with Gasteiger partial charge in [0.2, 0.25) is 0 Å². The van der Waals surface area contributed by atoms with Crippen LogP contribution in [0.3, 0.4) is 0 Å². The second-order valence-electron chi connectivity index (χ2n) is 9.91. The van der Waals surface area contributed by atoms with Crippen molar-refractivity contribution in [3.05, 3.63) is 81.9 Å². The van der Waals surface area contributed by atoms with Gasteiger partial charge in [0, 0.05) is 12.7 Å². The molecule has 37 heavy (non-hydrogen) atoms. The number of nitrogens with one attached hydrogen (secondary N) is 1. The lowest BCUT2D eigenvalue weighted by Gasteiger charge is -2.33. The minimum Gasteiger partial charge on any atom is -0.489 e. The Labute approximate surface area is 222 Å². The molecule has 4 rings (SSSR count). The number of halogens is 1. The first kappa shape index (κ1) is 26.4. The number of nitrogens with zero attached hydrogens (tertiary/aromatic N) is 1. The predicted molar refractivity (Wildman–Crippen MR) is 146 cm³/mol. The van der Waals surface area contributed by atoms with Gasteiger partial charge in [0.1, 0.15) is 24.2 Å². The molecule has 0 aliphatic carbocycles. The molecule has 0 saturated heterocycles. The second kappa shape index (κ2) is 10.3. The third-order valence-electron chi connectivity index (χ3n) is 6.69. The number of hydrogen-bond donors (Lipinski definition) is 2. The Morgan fingerprint density at radius 3 is 2.59 bits per heavy atom. The van der Waals surface area contributed by atoms with E-state index in [4.69, 9.17) is 21.1 Å². The Balaban J connectivity index is 1.46. The normalized spacial score (nSPS) is 15.0. The van der Waals surface area contributed by atoms with E-state index >= 15 is 0 Å². The molecule has 1 atom stereocenters. The van der Waals surface area contributed by atoms with Crippen LogP contribution in [0, 0.1) is 13.8 Å². The van der Waals surface area contributed by atoms with Gasteiger partial charge in [-0.05, 0) is 80.8 Å². The van der Waals surface area contributed by atoms with E-state index in [2.05, 4.69) is 10.2 Å². The number of carbonyl (C=O) groups excluding carboxylic acids is 1. The zero-order chi connectivity index (χ0) is 26.9. The number of fused-ring (bicyclic) bond motifs is 1. The highest BCUT2D eigenvalue weighted by molar-refractivity contribution is 6.34. The highest BCUT2D eigenvalue weighted by Crippen LogP contribution is 2.33. The van der Waals surface area contributed by atoms with E-state index in [1.165, 1.54) is 0 Å². The first-order valence-corrected chi connectivity index (χ1v) is 12.4. The number of benzene rings is 3. The highest BCUT2D eigenvalue weighted by Gasteiger charge is 2.31. The van der Waals surface area contributed by atoms with Gasteiger partial charge < -0.3 is 24.8 Å². The van der Waals surface area contributed by atoms with Gasteiger partial charge in [-0.3, -0.25) is 9.59 Å². The first-order chi connectivity index (χ1) is 17.5. The molecule has 0 fully saturated rings. The number of carboxylic acid groups (broad SMARTS) is 1. The number of hydrogen-bond acceptors (Lipinski definition) is 5. The van der Waals surface area contributed by atoms with Gasteiger partial charge in [0.25, 0.3) is 5.91 Å². The zero-order valence-corrected chi connectivity index (χ0v) is 22.3. The fourth-order valence-electron chi connectivity index (χ4n) is 4.44. The minimum atomic E-state index is -1.10. The van der Waals surface area contributed by atoms with Crippen LogP contribution in [0.1, 0.15) is 40.9 Å². The van der Waals surface area contributed by atoms with Crippen LogP contribution in [0.25, 0.3) is 0 Å². The van der Waals surface area contributed by atoms with Crippen molar-refractivity contribution in [2.45, 2.75) is 39.2 Å². The summed E-state index contributed by atoms with van der Waals surface area (Å²) in [6, 6.07) is 16.4. The highest BCUT2D eigenvalue weighted by atomic mass is 35.5. The molecule has 8 heteroatoms. The lowest BCUT2D eigenvalue weighted by molar-refractivity contribution is -0.142. The van der Waals surface area contributed by atoms with Crippen molar-refractivity contribution in [2.75, 3.05) is 30.4 Å². The van der Waals surface area contributed by atoms with Crippen molar-refractivity contribution < 1.29 is 24.2 Å². The number of aliphatic carboxylic acids is 1. The molecule has 1 aliphatic heterocycles. The number of para-hydroxylation sites is 2. The van der Waals surface area contributed by atoms with Gasteiger partial charge >= 0.3 is 5.97 Å². The third kappa shape index (κ3) is 5.52. The number of rotatable bonds is 7. The van der Waals surface area contributed by atoms with Crippen LogP contribution in [-0.2, 0) is 10.2 Å². The largest absolute Gasteiger partial charge is 0.489 e. The summed E-state index contributed by atoms with van der Waals surface area (Å²) >= 11 is 6.49. The topological polar surface area (TPSA) is 88.1 Å². The monoisotopic (exact) mass is 522 g/mol. The molecular weight excluding hydrogens is 492 g/mol. The Morgan fingerprint density at radius 1 is 1.14 bits per heavy atom. The van der Waals surface area contributed by atoms with E-state index < -0.39 is 17.3 Å². The molecule has 0 saturated carbocycles. The Hall–Kier alpha value is -3.71. The van der Waals surface area contributed by atoms with E-state index in [9.17, 15) is 14.7 Å². The van der Waals surface area contributed by atoms with E-state index in [1.807, 2.05) is 45.2 Å². The smallest absolute Gasteiger partial charge is 0.313 e. The summed E-state index contributed by atoms with van der Waals surface area (Å²) in [6.07, 6.45) is -0.160. The number of carboxylic acids is 1. The molecule has 194 valence electrons. The SMILES string of the molecule is Cc1cc(C(=O)Nc2ccc(C)c(C(C)(C)C(=O)O)c2)c(Cl)cc1OC[C@@H]1CN(C)c2ccccc2O1. The Morgan fingerprint density at radius 2 is 1.86 bits per heavy atom. The molecule has 7 nitrogen and oxygen atoms in total. The maximum absolute atomic E-state index is 13.1. The number of carbonyl (C=O) groups is 2. The number of aryl methyl sites for hydroxylation is 2. The van der Waals surface area contributed by atoms with E-state index in [0.29, 0.717) is 35.7 Å². The molecule has 0 aromatic heterocycles. The minimum absolute atomic E-state index is 0.160. The summed E-state index contributed by atoms with van der Waals surface area (Å²) in [5, 5.41) is 12.7. The molecule has 2 N–H and O–H groups in total.